The number of ether oxygens (including phenoxy) is 2. The number of carbonyl (C=O) groups is 2. The maximum atomic E-state index is 13.9. The highest BCUT2D eigenvalue weighted by atomic mass is 19.1. The van der Waals surface area contributed by atoms with E-state index in [-0.39, 0.29) is 12.5 Å². The number of nitrogens with one attached hydrogen (secondary N) is 2. The fourth-order valence-electron chi connectivity index (χ4n) is 2.67. The van der Waals surface area contributed by atoms with Gasteiger partial charge in [-0.05, 0) is 24.1 Å². The summed E-state index contributed by atoms with van der Waals surface area (Å²) in [6, 6.07) is 5.58. The average molecular weight is 421 g/mol. The SMILES string of the molecule is COCCOc1ncccc1CNC(=O)[C@@H](NC(=O)c1c(F)cccc1F)C(C)C. The van der Waals surface area contributed by atoms with Crippen molar-refractivity contribution in [3.05, 3.63) is 59.3 Å². The second-order valence-corrected chi connectivity index (χ2v) is 6.82. The summed E-state index contributed by atoms with van der Waals surface area (Å²) in [7, 11) is 1.55. The van der Waals surface area contributed by atoms with Crippen molar-refractivity contribution in [2.45, 2.75) is 26.4 Å². The molecule has 0 saturated heterocycles. The highest BCUT2D eigenvalue weighted by Gasteiger charge is 2.27. The van der Waals surface area contributed by atoms with E-state index in [2.05, 4.69) is 15.6 Å². The summed E-state index contributed by atoms with van der Waals surface area (Å²) >= 11 is 0. The van der Waals surface area contributed by atoms with E-state index in [1.165, 1.54) is 0 Å². The number of hydrogen-bond donors (Lipinski definition) is 2. The van der Waals surface area contributed by atoms with Crippen molar-refractivity contribution in [3.63, 3.8) is 0 Å². The van der Waals surface area contributed by atoms with Crippen LogP contribution in [0.3, 0.4) is 0 Å². The minimum absolute atomic E-state index is 0.0993. The Balaban J connectivity index is 2.06. The summed E-state index contributed by atoms with van der Waals surface area (Å²) in [6.07, 6.45) is 1.56. The van der Waals surface area contributed by atoms with Crippen molar-refractivity contribution in [3.8, 4) is 5.88 Å². The lowest BCUT2D eigenvalue weighted by atomic mass is 10.0. The summed E-state index contributed by atoms with van der Waals surface area (Å²) in [5.74, 6) is -3.46. The molecule has 0 unspecified atom stereocenters. The first-order valence-corrected chi connectivity index (χ1v) is 9.43. The van der Waals surface area contributed by atoms with E-state index >= 15 is 0 Å². The topological polar surface area (TPSA) is 89.6 Å². The minimum Gasteiger partial charge on any atom is -0.475 e. The van der Waals surface area contributed by atoms with E-state index in [4.69, 9.17) is 9.47 Å². The van der Waals surface area contributed by atoms with E-state index in [1.54, 1.807) is 39.3 Å². The van der Waals surface area contributed by atoms with Gasteiger partial charge in [0.15, 0.2) is 0 Å². The lowest BCUT2D eigenvalue weighted by molar-refractivity contribution is -0.124. The normalized spacial score (nSPS) is 11.8. The van der Waals surface area contributed by atoms with Gasteiger partial charge in [-0.3, -0.25) is 9.59 Å². The lowest BCUT2D eigenvalue weighted by Crippen LogP contribution is -2.49. The number of rotatable bonds is 10. The molecule has 162 valence electrons. The van der Waals surface area contributed by atoms with Gasteiger partial charge < -0.3 is 20.1 Å². The summed E-state index contributed by atoms with van der Waals surface area (Å²) < 4.78 is 38.2. The predicted molar refractivity (Wildman–Crippen MR) is 106 cm³/mol. The monoisotopic (exact) mass is 421 g/mol. The molecule has 0 spiro atoms. The molecule has 0 radical (unpaired) electrons. The summed E-state index contributed by atoms with van der Waals surface area (Å²) in [5.41, 5.74) is -0.0898. The predicted octanol–water partition coefficient (Wildman–Crippen LogP) is 2.46. The van der Waals surface area contributed by atoms with Crippen molar-refractivity contribution in [2.75, 3.05) is 20.3 Å². The van der Waals surface area contributed by atoms with Gasteiger partial charge in [0.1, 0.15) is 29.8 Å². The number of nitrogens with zero attached hydrogens (tertiary/aromatic N) is 1. The first-order chi connectivity index (χ1) is 14.3. The van der Waals surface area contributed by atoms with Gasteiger partial charge in [0.25, 0.3) is 5.91 Å². The van der Waals surface area contributed by atoms with Gasteiger partial charge in [-0.25, -0.2) is 13.8 Å². The van der Waals surface area contributed by atoms with Gasteiger partial charge in [-0.2, -0.15) is 0 Å². The average Bonchev–Trinajstić information content (AvgIpc) is 2.71. The Hall–Kier alpha value is -3.07. The molecule has 0 fully saturated rings. The van der Waals surface area contributed by atoms with Crippen LogP contribution in [0.5, 0.6) is 5.88 Å². The number of carbonyl (C=O) groups excluding carboxylic acids is 2. The molecule has 7 nitrogen and oxygen atoms in total. The molecule has 2 amide bonds. The number of pyridine rings is 1. The molecule has 0 aliphatic heterocycles. The van der Waals surface area contributed by atoms with Gasteiger partial charge in [0.2, 0.25) is 11.8 Å². The van der Waals surface area contributed by atoms with Crippen molar-refractivity contribution >= 4 is 11.8 Å². The molecule has 1 aromatic carbocycles. The number of amides is 2. The van der Waals surface area contributed by atoms with Crippen LogP contribution in [0.25, 0.3) is 0 Å². The minimum atomic E-state index is -0.997. The third-order valence-electron chi connectivity index (χ3n) is 4.25. The van der Waals surface area contributed by atoms with Crippen LogP contribution in [-0.4, -0.2) is 43.2 Å². The first-order valence-electron chi connectivity index (χ1n) is 9.43. The lowest BCUT2D eigenvalue weighted by Gasteiger charge is -2.22. The van der Waals surface area contributed by atoms with Crippen LogP contribution >= 0.6 is 0 Å². The van der Waals surface area contributed by atoms with Crippen LogP contribution in [0.2, 0.25) is 0 Å². The number of benzene rings is 1. The fraction of sp³-hybridized carbons (Fsp3) is 0.381. The summed E-state index contributed by atoms with van der Waals surface area (Å²) in [4.78, 5) is 29.2. The molecule has 0 aliphatic rings. The number of halogens is 2. The van der Waals surface area contributed by atoms with Gasteiger partial charge in [0.05, 0.1) is 6.61 Å². The third-order valence-corrected chi connectivity index (χ3v) is 4.25. The largest absolute Gasteiger partial charge is 0.475 e. The van der Waals surface area contributed by atoms with E-state index in [9.17, 15) is 18.4 Å². The van der Waals surface area contributed by atoms with Crippen LogP contribution in [-0.2, 0) is 16.1 Å². The van der Waals surface area contributed by atoms with Crippen LogP contribution in [0, 0.1) is 17.6 Å². The molecule has 2 aromatic rings. The maximum absolute atomic E-state index is 13.9. The zero-order valence-electron chi connectivity index (χ0n) is 17.1. The highest BCUT2D eigenvalue weighted by Crippen LogP contribution is 2.15. The Morgan fingerprint density at radius 3 is 2.43 bits per heavy atom. The van der Waals surface area contributed by atoms with Crippen LogP contribution in [0.15, 0.2) is 36.5 Å². The zero-order chi connectivity index (χ0) is 22.1. The summed E-state index contributed by atoms with van der Waals surface area (Å²) in [6.45, 7) is 4.21. The van der Waals surface area contributed by atoms with Crippen molar-refractivity contribution in [2.24, 2.45) is 5.92 Å². The molecule has 30 heavy (non-hydrogen) atoms. The molecular weight excluding hydrogens is 396 g/mol. The molecule has 1 atom stereocenters. The molecule has 9 heteroatoms. The smallest absolute Gasteiger partial charge is 0.257 e. The first kappa shape index (κ1) is 23.2. The van der Waals surface area contributed by atoms with E-state index < -0.39 is 35.1 Å². The van der Waals surface area contributed by atoms with Gasteiger partial charge in [0, 0.05) is 25.4 Å². The van der Waals surface area contributed by atoms with Crippen molar-refractivity contribution < 1.29 is 27.8 Å². The second kappa shape index (κ2) is 11.2. The highest BCUT2D eigenvalue weighted by molar-refractivity contribution is 5.98. The molecule has 1 heterocycles. The molecule has 0 bridgehead atoms. The van der Waals surface area contributed by atoms with Crippen LogP contribution in [0.4, 0.5) is 8.78 Å². The Bertz CT molecular complexity index is 857. The Labute approximate surface area is 173 Å². The third kappa shape index (κ3) is 6.21. The molecule has 2 rings (SSSR count). The van der Waals surface area contributed by atoms with Crippen LogP contribution in [0.1, 0.15) is 29.8 Å². The number of hydrogen-bond acceptors (Lipinski definition) is 5. The Kier molecular flexibility index (Phi) is 8.67. The van der Waals surface area contributed by atoms with Gasteiger partial charge in [-0.15, -0.1) is 0 Å². The van der Waals surface area contributed by atoms with Gasteiger partial charge in [-0.1, -0.05) is 26.0 Å². The molecule has 2 N–H and O–H groups in total. The summed E-state index contributed by atoms with van der Waals surface area (Å²) in [5, 5.41) is 5.12. The van der Waals surface area contributed by atoms with Crippen LogP contribution < -0.4 is 15.4 Å². The number of aromatic nitrogens is 1. The number of methoxy groups -OCH3 is 1. The fourth-order valence-corrected chi connectivity index (χ4v) is 2.67. The standard InChI is InChI=1S/C21H25F2N3O4/c1-13(2)18(26-19(27)17-15(22)7-4-8-16(17)23)20(28)25-12-14-6-5-9-24-21(14)30-11-10-29-3/h4-9,13,18H,10-12H2,1-3H3,(H,25,28)(H,26,27)/t18-/m0/s1. The van der Waals surface area contributed by atoms with E-state index in [0.717, 1.165) is 18.2 Å². The Morgan fingerprint density at radius 1 is 1.10 bits per heavy atom. The van der Waals surface area contributed by atoms with E-state index in [1.807, 2.05) is 0 Å². The molecule has 0 aliphatic carbocycles. The maximum Gasteiger partial charge on any atom is 0.257 e. The zero-order valence-corrected chi connectivity index (χ0v) is 17.1. The quantitative estimate of drug-likeness (QED) is 0.576. The van der Waals surface area contributed by atoms with E-state index in [0.29, 0.717) is 24.7 Å². The Morgan fingerprint density at radius 2 is 1.80 bits per heavy atom. The van der Waals surface area contributed by atoms with Crippen molar-refractivity contribution in [1.29, 1.82) is 0 Å². The molecule has 0 saturated carbocycles. The second-order valence-electron chi connectivity index (χ2n) is 6.82. The van der Waals surface area contributed by atoms with Gasteiger partial charge >= 0.3 is 0 Å². The molecule has 1 aromatic heterocycles. The molecular formula is C21H25F2N3O4. The van der Waals surface area contributed by atoms with Crippen molar-refractivity contribution in [1.82, 2.24) is 15.6 Å².